The van der Waals surface area contributed by atoms with E-state index in [-0.39, 0.29) is 11.9 Å². The first-order valence-corrected chi connectivity index (χ1v) is 5.46. The van der Waals surface area contributed by atoms with Gasteiger partial charge in [-0.15, -0.1) is 0 Å². The molecule has 0 radical (unpaired) electrons. The van der Waals surface area contributed by atoms with E-state index in [1.54, 1.807) is 11.8 Å². The van der Waals surface area contributed by atoms with Crippen LogP contribution in [0.15, 0.2) is 0 Å². The van der Waals surface area contributed by atoms with Gasteiger partial charge in [0, 0.05) is 24.6 Å². The van der Waals surface area contributed by atoms with E-state index in [9.17, 15) is 4.79 Å². The van der Waals surface area contributed by atoms with Crippen LogP contribution in [0.5, 0.6) is 0 Å². The largest absolute Gasteiger partial charge is 0.354 e. The van der Waals surface area contributed by atoms with Crippen molar-refractivity contribution in [2.75, 3.05) is 24.6 Å². The molecule has 0 aliphatic carbocycles. The fourth-order valence-electron chi connectivity index (χ4n) is 1.10. The number of nitrogens with one attached hydrogen (secondary N) is 2. The normalized spacial score (nSPS) is 21.9. The summed E-state index contributed by atoms with van der Waals surface area (Å²) in [6, 6.07) is 1.91. The lowest BCUT2D eigenvalue weighted by Crippen LogP contribution is -2.49. The van der Waals surface area contributed by atoms with Crippen LogP contribution in [-0.4, -0.2) is 36.5 Å². The highest BCUT2D eigenvalue weighted by atomic mass is 32.2. The van der Waals surface area contributed by atoms with Gasteiger partial charge in [0.2, 0.25) is 5.91 Å². The molecule has 0 aromatic heterocycles. The summed E-state index contributed by atoms with van der Waals surface area (Å²) in [7, 11) is 0. The summed E-state index contributed by atoms with van der Waals surface area (Å²) in [5.74, 6) is 1.92. The second-order valence-corrected chi connectivity index (χ2v) is 3.93. The van der Waals surface area contributed by atoms with E-state index in [2.05, 4.69) is 10.6 Å². The maximum absolute atomic E-state index is 11.4. The number of hydrogen-bond acceptors (Lipinski definition) is 4. The van der Waals surface area contributed by atoms with Crippen molar-refractivity contribution in [1.29, 1.82) is 5.26 Å². The highest BCUT2D eigenvalue weighted by molar-refractivity contribution is 7.99. The minimum Gasteiger partial charge on any atom is -0.354 e. The van der Waals surface area contributed by atoms with Gasteiger partial charge in [0.05, 0.1) is 18.5 Å². The molecule has 1 heterocycles. The van der Waals surface area contributed by atoms with Crippen molar-refractivity contribution in [1.82, 2.24) is 10.6 Å². The molecule has 1 aliphatic rings. The van der Waals surface area contributed by atoms with Crippen LogP contribution in [0.25, 0.3) is 0 Å². The average Bonchev–Trinajstić information content (AvgIpc) is 2.19. The lowest BCUT2D eigenvalue weighted by Gasteiger charge is -2.21. The molecule has 4 nitrogen and oxygen atoms in total. The van der Waals surface area contributed by atoms with Gasteiger partial charge in [-0.3, -0.25) is 4.79 Å². The van der Waals surface area contributed by atoms with E-state index in [1.165, 1.54) is 0 Å². The van der Waals surface area contributed by atoms with E-state index in [4.69, 9.17) is 5.26 Å². The first-order valence-electron chi connectivity index (χ1n) is 4.30. The van der Waals surface area contributed by atoms with Crippen molar-refractivity contribution >= 4 is 17.7 Å². The molecule has 0 aromatic rings. The smallest absolute Gasteiger partial charge is 0.238 e. The molecule has 0 aromatic carbocycles. The molecule has 1 amide bonds. The Bertz CT molecular complexity index is 208. The van der Waals surface area contributed by atoms with Gasteiger partial charge >= 0.3 is 0 Å². The predicted octanol–water partition coefficient (Wildman–Crippen LogP) is -0.279. The third-order valence-corrected chi connectivity index (χ3v) is 2.84. The molecule has 1 atom stereocenters. The Morgan fingerprint density at radius 2 is 2.62 bits per heavy atom. The van der Waals surface area contributed by atoms with Gasteiger partial charge in [-0.1, -0.05) is 0 Å². The van der Waals surface area contributed by atoms with Gasteiger partial charge < -0.3 is 10.6 Å². The summed E-state index contributed by atoms with van der Waals surface area (Å²) in [5, 5.41) is 14.1. The van der Waals surface area contributed by atoms with Crippen molar-refractivity contribution in [3.05, 3.63) is 0 Å². The molecule has 0 bridgehead atoms. The van der Waals surface area contributed by atoms with Crippen LogP contribution in [-0.2, 0) is 4.79 Å². The molecule has 5 heteroatoms. The van der Waals surface area contributed by atoms with Crippen LogP contribution in [0.1, 0.15) is 6.42 Å². The molecular weight excluding hydrogens is 186 g/mol. The van der Waals surface area contributed by atoms with E-state index in [0.29, 0.717) is 13.0 Å². The maximum atomic E-state index is 11.4. The predicted molar refractivity (Wildman–Crippen MR) is 52.4 cm³/mol. The van der Waals surface area contributed by atoms with Gasteiger partial charge in [0.25, 0.3) is 0 Å². The Hall–Kier alpha value is -0.730. The van der Waals surface area contributed by atoms with Gasteiger partial charge in [-0.2, -0.15) is 17.0 Å². The average molecular weight is 199 g/mol. The summed E-state index contributed by atoms with van der Waals surface area (Å²) in [5.41, 5.74) is 0. The lowest BCUT2D eigenvalue weighted by molar-refractivity contribution is -0.122. The van der Waals surface area contributed by atoms with Crippen molar-refractivity contribution < 1.29 is 4.79 Å². The molecule has 1 rings (SSSR count). The highest BCUT2D eigenvalue weighted by Crippen LogP contribution is 2.07. The van der Waals surface area contributed by atoms with Crippen molar-refractivity contribution in [2.45, 2.75) is 12.5 Å². The van der Waals surface area contributed by atoms with E-state index in [1.807, 2.05) is 6.07 Å². The fourth-order valence-corrected chi connectivity index (χ4v) is 2.03. The van der Waals surface area contributed by atoms with Crippen LogP contribution in [0.4, 0.5) is 0 Å². The van der Waals surface area contributed by atoms with Gasteiger partial charge in [0.1, 0.15) is 0 Å². The number of rotatable bonds is 3. The second kappa shape index (κ2) is 5.84. The molecular formula is C8H13N3OS. The van der Waals surface area contributed by atoms with Crippen molar-refractivity contribution in [3.63, 3.8) is 0 Å². The lowest BCUT2D eigenvalue weighted by atomic mass is 10.3. The van der Waals surface area contributed by atoms with E-state index in [0.717, 1.165) is 18.1 Å². The van der Waals surface area contributed by atoms with E-state index >= 15 is 0 Å². The van der Waals surface area contributed by atoms with Crippen LogP contribution in [0.3, 0.4) is 0 Å². The number of carbonyl (C=O) groups excluding carboxylic acids is 1. The number of nitriles is 1. The minimum absolute atomic E-state index is 0.0162. The molecule has 2 N–H and O–H groups in total. The number of amides is 1. The third-order valence-electron chi connectivity index (χ3n) is 1.77. The molecule has 0 saturated carbocycles. The zero-order chi connectivity index (χ0) is 9.52. The van der Waals surface area contributed by atoms with Gasteiger partial charge in [0.15, 0.2) is 0 Å². The molecule has 72 valence electrons. The SMILES string of the molecule is N#CCCNC(=O)C1CSCCN1. The molecule has 1 fully saturated rings. The zero-order valence-electron chi connectivity index (χ0n) is 7.38. The Labute approximate surface area is 82.1 Å². The standard InChI is InChI=1S/C8H13N3OS/c9-2-1-3-11-8(12)7-6-13-5-4-10-7/h7,10H,1,3-6H2,(H,11,12). The molecule has 1 unspecified atom stereocenters. The van der Waals surface area contributed by atoms with Crippen molar-refractivity contribution in [3.8, 4) is 6.07 Å². The van der Waals surface area contributed by atoms with Gasteiger partial charge in [-0.05, 0) is 0 Å². The maximum Gasteiger partial charge on any atom is 0.238 e. The Morgan fingerprint density at radius 1 is 1.77 bits per heavy atom. The summed E-state index contributed by atoms with van der Waals surface area (Å²) >= 11 is 1.78. The summed E-state index contributed by atoms with van der Waals surface area (Å²) < 4.78 is 0. The van der Waals surface area contributed by atoms with Crippen LogP contribution in [0.2, 0.25) is 0 Å². The van der Waals surface area contributed by atoms with Crippen LogP contribution >= 0.6 is 11.8 Å². The highest BCUT2D eigenvalue weighted by Gasteiger charge is 2.19. The number of thioether (sulfide) groups is 1. The third kappa shape index (κ3) is 3.66. The Kier molecular flexibility index (Phi) is 4.65. The summed E-state index contributed by atoms with van der Waals surface area (Å²) in [4.78, 5) is 11.4. The first-order chi connectivity index (χ1) is 6.34. The monoisotopic (exact) mass is 199 g/mol. The molecule has 1 saturated heterocycles. The number of carbonyl (C=O) groups is 1. The molecule has 0 spiro atoms. The number of nitrogens with zero attached hydrogens (tertiary/aromatic N) is 1. The van der Waals surface area contributed by atoms with Crippen LogP contribution < -0.4 is 10.6 Å². The van der Waals surface area contributed by atoms with E-state index < -0.39 is 0 Å². The van der Waals surface area contributed by atoms with Gasteiger partial charge in [-0.25, -0.2) is 0 Å². The first kappa shape index (κ1) is 10.4. The second-order valence-electron chi connectivity index (χ2n) is 2.78. The summed E-state index contributed by atoms with van der Waals surface area (Å²) in [6.45, 7) is 1.35. The van der Waals surface area contributed by atoms with Crippen LogP contribution in [0, 0.1) is 11.3 Å². The number of hydrogen-bond donors (Lipinski definition) is 2. The topological polar surface area (TPSA) is 64.9 Å². The Morgan fingerprint density at radius 3 is 3.23 bits per heavy atom. The van der Waals surface area contributed by atoms with Crippen molar-refractivity contribution in [2.24, 2.45) is 0 Å². The molecule has 1 aliphatic heterocycles. The quantitative estimate of drug-likeness (QED) is 0.614. The zero-order valence-corrected chi connectivity index (χ0v) is 8.19. The fraction of sp³-hybridized carbons (Fsp3) is 0.750. The minimum atomic E-state index is -0.0718. The Balaban J connectivity index is 2.18. The summed E-state index contributed by atoms with van der Waals surface area (Å²) in [6.07, 6.45) is 0.381. The molecule has 13 heavy (non-hydrogen) atoms.